The fraction of sp³-hybridized carbons (Fsp3) is 0.273. The van der Waals surface area contributed by atoms with Crippen LogP contribution in [0.5, 0.6) is 0 Å². The van der Waals surface area contributed by atoms with E-state index in [9.17, 15) is 9.18 Å². The van der Waals surface area contributed by atoms with E-state index in [-0.39, 0.29) is 17.8 Å². The van der Waals surface area contributed by atoms with E-state index in [2.05, 4.69) is 5.32 Å². The highest BCUT2D eigenvalue weighted by Gasteiger charge is 2.35. The molecule has 1 aromatic heterocycles. The molecule has 1 aliphatic heterocycles. The first-order valence-corrected chi connectivity index (χ1v) is 9.54. The number of hydrogen-bond donors (Lipinski definition) is 1. The summed E-state index contributed by atoms with van der Waals surface area (Å²) in [6.45, 7) is 7.09. The third-order valence-corrected chi connectivity index (χ3v) is 5.30. The number of amides is 1. The normalized spacial score (nSPS) is 16.1. The second kappa shape index (κ2) is 7.11. The van der Waals surface area contributed by atoms with Gasteiger partial charge in [0.05, 0.1) is 22.6 Å². The van der Waals surface area contributed by atoms with Crippen molar-refractivity contribution in [2.24, 2.45) is 0 Å². The second-order valence-corrected chi connectivity index (χ2v) is 6.89. The molecule has 0 saturated heterocycles. The Bertz CT molecular complexity index is 1060. The minimum atomic E-state index is -0.377. The Balaban J connectivity index is 1.96. The highest BCUT2D eigenvalue weighted by Crippen LogP contribution is 2.39. The number of hydrogen-bond acceptors (Lipinski definition) is 3. The lowest BCUT2D eigenvalue weighted by Gasteiger charge is -2.33. The predicted molar refractivity (Wildman–Crippen MR) is 109 cm³/mol. The Hall–Kier alpha value is -3.15. The molecule has 0 saturated carbocycles. The van der Waals surface area contributed by atoms with Gasteiger partial charge in [0.1, 0.15) is 5.82 Å². The van der Waals surface area contributed by atoms with Gasteiger partial charge in [-0.05, 0) is 50.6 Å². The van der Waals surface area contributed by atoms with Crippen LogP contribution in [0.2, 0.25) is 0 Å². The van der Waals surface area contributed by atoms with Crippen molar-refractivity contribution in [1.29, 1.82) is 0 Å². The first-order chi connectivity index (χ1) is 13.5. The zero-order chi connectivity index (χ0) is 19.8. The molecule has 28 heavy (non-hydrogen) atoms. The number of halogens is 1. The molecule has 0 radical (unpaired) electrons. The Labute approximate surface area is 163 Å². The van der Waals surface area contributed by atoms with Crippen LogP contribution in [-0.4, -0.2) is 33.4 Å². The van der Waals surface area contributed by atoms with Crippen molar-refractivity contribution < 1.29 is 9.18 Å². The number of benzene rings is 2. The number of carbonyl (C=O) groups excluding carboxylic acids is 1. The van der Waals surface area contributed by atoms with Gasteiger partial charge < -0.3 is 10.2 Å². The first-order valence-electron chi connectivity index (χ1n) is 9.54. The van der Waals surface area contributed by atoms with Gasteiger partial charge in [0, 0.05) is 18.8 Å². The van der Waals surface area contributed by atoms with Gasteiger partial charge in [0.2, 0.25) is 5.95 Å². The van der Waals surface area contributed by atoms with Crippen molar-refractivity contribution in [2.45, 2.75) is 26.8 Å². The van der Waals surface area contributed by atoms with Gasteiger partial charge in [-0.2, -0.15) is 0 Å². The number of allylic oxidation sites excluding steroid dienone is 1. The molecule has 0 aliphatic carbocycles. The molecule has 2 aromatic carbocycles. The maximum Gasteiger partial charge on any atom is 0.253 e. The number of nitrogens with one attached hydrogen (secondary N) is 1. The fourth-order valence-corrected chi connectivity index (χ4v) is 3.88. The van der Waals surface area contributed by atoms with Crippen LogP contribution in [0.25, 0.3) is 11.0 Å². The number of anilines is 1. The van der Waals surface area contributed by atoms with E-state index in [1.165, 1.54) is 12.1 Å². The van der Waals surface area contributed by atoms with Gasteiger partial charge >= 0.3 is 0 Å². The quantitative estimate of drug-likeness (QED) is 0.735. The standard InChI is InChI=1S/C22H23FN4O/c1-4-26(5-2)21(28)19-14(3)24-22-25-17-8-6-7-9-18(17)27(22)20(19)15-10-12-16(23)13-11-15/h6-13,20H,4-5H2,1-3H3,(H,24,25)/t20-/m1/s1. The molecular formula is C22H23FN4O. The van der Waals surface area contributed by atoms with Crippen LogP contribution in [-0.2, 0) is 4.79 Å². The summed E-state index contributed by atoms with van der Waals surface area (Å²) in [5.74, 6) is 0.364. The minimum Gasteiger partial charge on any atom is -0.339 e. The molecule has 144 valence electrons. The molecule has 1 atom stereocenters. The van der Waals surface area contributed by atoms with Gasteiger partial charge in [0.25, 0.3) is 5.91 Å². The maximum absolute atomic E-state index is 13.6. The van der Waals surface area contributed by atoms with Gasteiger partial charge in [-0.15, -0.1) is 0 Å². The lowest BCUT2D eigenvalue weighted by Crippen LogP contribution is -2.37. The molecule has 2 heterocycles. The molecule has 0 bridgehead atoms. The zero-order valence-corrected chi connectivity index (χ0v) is 16.2. The molecule has 1 amide bonds. The van der Waals surface area contributed by atoms with Crippen molar-refractivity contribution in [1.82, 2.24) is 14.5 Å². The number of fused-ring (bicyclic) bond motifs is 3. The first kappa shape index (κ1) is 18.2. The summed E-state index contributed by atoms with van der Waals surface area (Å²) in [7, 11) is 0. The number of rotatable bonds is 4. The SMILES string of the molecule is CCN(CC)C(=O)C1=C(C)Nc2nc3ccccc3n2[C@@H]1c1ccc(F)cc1. The second-order valence-electron chi connectivity index (χ2n) is 6.89. The number of likely N-dealkylation sites (N-methyl/N-ethyl adjacent to an activating group) is 1. The molecule has 1 N–H and O–H groups in total. The van der Waals surface area contributed by atoms with Crippen LogP contribution in [0.3, 0.4) is 0 Å². The fourth-order valence-electron chi connectivity index (χ4n) is 3.88. The van der Waals surface area contributed by atoms with Crippen LogP contribution >= 0.6 is 0 Å². The molecule has 6 heteroatoms. The molecule has 5 nitrogen and oxygen atoms in total. The highest BCUT2D eigenvalue weighted by atomic mass is 19.1. The van der Waals surface area contributed by atoms with E-state index in [0.29, 0.717) is 24.6 Å². The summed E-state index contributed by atoms with van der Waals surface area (Å²) in [5.41, 5.74) is 4.06. The maximum atomic E-state index is 13.6. The van der Waals surface area contributed by atoms with Gasteiger partial charge in [-0.1, -0.05) is 24.3 Å². The highest BCUT2D eigenvalue weighted by molar-refractivity contribution is 5.97. The average Bonchev–Trinajstić information content (AvgIpc) is 3.06. The number of carbonyl (C=O) groups is 1. The smallest absolute Gasteiger partial charge is 0.253 e. The summed E-state index contributed by atoms with van der Waals surface area (Å²) in [4.78, 5) is 19.9. The minimum absolute atomic E-state index is 0.0206. The van der Waals surface area contributed by atoms with Crippen molar-refractivity contribution in [3.8, 4) is 0 Å². The summed E-state index contributed by atoms with van der Waals surface area (Å²) < 4.78 is 15.6. The molecule has 1 aliphatic rings. The number of aromatic nitrogens is 2. The van der Waals surface area contributed by atoms with Gasteiger partial charge in [-0.3, -0.25) is 9.36 Å². The summed E-state index contributed by atoms with van der Waals surface area (Å²) in [6.07, 6.45) is 0. The largest absolute Gasteiger partial charge is 0.339 e. The van der Waals surface area contributed by atoms with E-state index >= 15 is 0 Å². The molecule has 0 unspecified atom stereocenters. The van der Waals surface area contributed by atoms with Gasteiger partial charge in [0.15, 0.2) is 0 Å². The molecule has 4 rings (SSSR count). The molecule has 3 aromatic rings. The topological polar surface area (TPSA) is 50.2 Å². The third-order valence-electron chi connectivity index (χ3n) is 5.30. The van der Waals surface area contributed by atoms with Crippen molar-refractivity contribution in [3.05, 3.63) is 71.2 Å². The van der Waals surface area contributed by atoms with Crippen LogP contribution in [0.1, 0.15) is 32.4 Å². The van der Waals surface area contributed by atoms with Crippen molar-refractivity contribution in [3.63, 3.8) is 0 Å². The third kappa shape index (κ3) is 2.85. The predicted octanol–water partition coefficient (Wildman–Crippen LogP) is 4.33. The number of imidazole rings is 1. The summed E-state index contributed by atoms with van der Waals surface area (Å²) in [5, 5.41) is 3.30. The summed E-state index contributed by atoms with van der Waals surface area (Å²) >= 11 is 0. The van der Waals surface area contributed by atoms with Crippen LogP contribution in [0, 0.1) is 5.82 Å². The van der Waals surface area contributed by atoms with Crippen molar-refractivity contribution in [2.75, 3.05) is 18.4 Å². The Kier molecular flexibility index (Phi) is 4.63. The number of nitrogens with zero attached hydrogens (tertiary/aromatic N) is 3. The van der Waals surface area contributed by atoms with E-state index in [0.717, 1.165) is 22.3 Å². The van der Waals surface area contributed by atoms with Crippen LogP contribution in [0.15, 0.2) is 59.8 Å². The van der Waals surface area contributed by atoms with E-state index < -0.39 is 0 Å². The van der Waals surface area contributed by atoms with Crippen LogP contribution in [0.4, 0.5) is 10.3 Å². The lowest BCUT2D eigenvalue weighted by atomic mass is 9.94. The lowest BCUT2D eigenvalue weighted by molar-refractivity contribution is -0.127. The zero-order valence-electron chi connectivity index (χ0n) is 16.2. The molecule has 0 spiro atoms. The van der Waals surface area contributed by atoms with E-state index in [1.807, 2.05) is 49.6 Å². The average molecular weight is 378 g/mol. The van der Waals surface area contributed by atoms with Crippen molar-refractivity contribution >= 4 is 22.9 Å². The Morgan fingerprint density at radius 2 is 1.82 bits per heavy atom. The van der Waals surface area contributed by atoms with Gasteiger partial charge in [-0.25, -0.2) is 9.37 Å². The molecule has 0 fully saturated rings. The number of para-hydroxylation sites is 2. The monoisotopic (exact) mass is 378 g/mol. The summed E-state index contributed by atoms with van der Waals surface area (Å²) in [6, 6.07) is 13.8. The van der Waals surface area contributed by atoms with Crippen LogP contribution < -0.4 is 5.32 Å². The Morgan fingerprint density at radius 3 is 2.50 bits per heavy atom. The Morgan fingerprint density at radius 1 is 1.14 bits per heavy atom. The molecular weight excluding hydrogens is 355 g/mol. The van der Waals surface area contributed by atoms with E-state index in [1.54, 1.807) is 17.0 Å². The van der Waals surface area contributed by atoms with E-state index in [4.69, 9.17) is 4.98 Å².